The molecule has 0 aliphatic carbocycles. The van der Waals surface area contributed by atoms with Gasteiger partial charge in [-0.2, -0.15) is 0 Å². The van der Waals surface area contributed by atoms with Gasteiger partial charge in [-0.1, -0.05) is 76.0 Å². The third-order valence-corrected chi connectivity index (χ3v) is 6.24. The van der Waals surface area contributed by atoms with Crippen LogP contribution in [0.4, 0.5) is 0 Å². The number of aromatic nitrogens is 3. The number of halogens is 2. The highest BCUT2D eigenvalue weighted by molar-refractivity contribution is 6.31. The van der Waals surface area contributed by atoms with Crippen molar-refractivity contribution in [1.29, 1.82) is 0 Å². The molecule has 4 aromatic rings. The summed E-state index contributed by atoms with van der Waals surface area (Å²) in [6.07, 6.45) is 0. The lowest BCUT2D eigenvalue weighted by Gasteiger charge is -2.30. The summed E-state index contributed by atoms with van der Waals surface area (Å²) in [6.45, 7) is 10.6. The van der Waals surface area contributed by atoms with E-state index in [9.17, 15) is 5.11 Å². The van der Waals surface area contributed by atoms with Gasteiger partial charge in [-0.05, 0) is 52.9 Å². The number of fused-ring (bicyclic) bond motifs is 1. The minimum atomic E-state index is -0.472. The second kappa shape index (κ2) is 7.54. The van der Waals surface area contributed by atoms with Crippen LogP contribution in [-0.4, -0.2) is 20.1 Å². The van der Waals surface area contributed by atoms with Crippen LogP contribution in [0.15, 0.2) is 54.6 Å². The first kappa shape index (κ1) is 21.7. The van der Waals surface area contributed by atoms with Crippen LogP contribution in [-0.2, 0) is 10.8 Å². The predicted molar refractivity (Wildman–Crippen MR) is 128 cm³/mol. The zero-order valence-electron chi connectivity index (χ0n) is 18.2. The number of rotatable bonds is 3. The predicted octanol–water partition coefficient (Wildman–Crippen LogP) is 7.06. The zero-order valence-corrected chi connectivity index (χ0v) is 19.8. The molecular weight excluding hydrogens is 429 g/mol. The van der Waals surface area contributed by atoms with Gasteiger partial charge in [0.05, 0.1) is 0 Å². The standard InChI is InChI=1S/C25H25Cl2N3O/c1-24(2,3)16-12-19(25(4,5)15-6-8-17(26)9-7-15)23(31)22(13-16)30-28-20-11-10-18(27)14-21(20)29-30/h6-14,31H,1-5H3. The molecule has 0 aliphatic heterocycles. The van der Waals surface area contributed by atoms with Crippen molar-refractivity contribution in [3.63, 3.8) is 0 Å². The third kappa shape index (κ3) is 4.02. The minimum absolute atomic E-state index is 0.136. The first-order valence-electron chi connectivity index (χ1n) is 10.1. The van der Waals surface area contributed by atoms with E-state index in [1.807, 2.05) is 36.4 Å². The first-order valence-corrected chi connectivity index (χ1v) is 10.9. The van der Waals surface area contributed by atoms with E-state index < -0.39 is 5.41 Å². The Bertz CT molecular complexity index is 1270. The Morgan fingerprint density at radius 1 is 0.742 bits per heavy atom. The third-order valence-electron chi connectivity index (χ3n) is 5.75. The molecule has 0 radical (unpaired) electrons. The Balaban J connectivity index is 1.96. The maximum absolute atomic E-state index is 11.4. The molecule has 0 aliphatic rings. The number of phenolic OH excluding ortho intramolecular Hbond substituents is 1. The van der Waals surface area contributed by atoms with Gasteiger partial charge in [0.15, 0.2) is 0 Å². The van der Waals surface area contributed by atoms with Gasteiger partial charge in [-0.15, -0.1) is 15.0 Å². The molecule has 31 heavy (non-hydrogen) atoms. The van der Waals surface area contributed by atoms with Gasteiger partial charge in [0, 0.05) is 21.0 Å². The largest absolute Gasteiger partial charge is 0.505 e. The van der Waals surface area contributed by atoms with Crippen LogP contribution < -0.4 is 0 Å². The van der Waals surface area contributed by atoms with E-state index in [2.05, 4.69) is 50.9 Å². The highest BCUT2D eigenvalue weighted by Gasteiger charge is 2.31. The molecule has 160 valence electrons. The number of hydrogen-bond donors (Lipinski definition) is 1. The molecule has 0 spiro atoms. The molecule has 1 heterocycles. The second-order valence-corrected chi connectivity index (χ2v) is 10.3. The van der Waals surface area contributed by atoms with Crippen LogP contribution in [0.5, 0.6) is 5.75 Å². The van der Waals surface area contributed by atoms with Crippen LogP contribution in [0.2, 0.25) is 10.0 Å². The van der Waals surface area contributed by atoms with E-state index in [1.165, 1.54) is 4.80 Å². The number of hydrogen-bond acceptors (Lipinski definition) is 3. The molecule has 4 rings (SSSR count). The van der Waals surface area contributed by atoms with Crippen LogP contribution in [0.3, 0.4) is 0 Å². The molecule has 0 unspecified atom stereocenters. The Morgan fingerprint density at radius 3 is 2.00 bits per heavy atom. The maximum Gasteiger partial charge on any atom is 0.147 e. The van der Waals surface area contributed by atoms with E-state index >= 15 is 0 Å². The average molecular weight is 454 g/mol. The van der Waals surface area contributed by atoms with Crippen LogP contribution in [0.25, 0.3) is 16.7 Å². The smallest absolute Gasteiger partial charge is 0.147 e. The van der Waals surface area contributed by atoms with Gasteiger partial charge in [0.25, 0.3) is 0 Å². The minimum Gasteiger partial charge on any atom is -0.505 e. The van der Waals surface area contributed by atoms with E-state index in [0.717, 1.165) is 16.7 Å². The monoisotopic (exact) mass is 453 g/mol. The van der Waals surface area contributed by atoms with Crippen LogP contribution >= 0.6 is 23.2 Å². The van der Waals surface area contributed by atoms with Gasteiger partial charge < -0.3 is 5.11 Å². The highest BCUT2D eigenvalue weighted by atomic mass is 35.5. The molecule has 0 atom stereocenters. The van der Waals surface area contributed by atoms with Crippen molar-refractivity contribution in [2.24, 2.45) is 0 Å². The fraction of sp³-hybridized carbons (Fsp3) is 0.280. The summed E-state index contributed by atoms with van der Waals surface area (Å²) in [5.41, 5.74) is 4.25. The summed E-state index contributed by atoms with van der Waals surface area (Å²) < 4.78 is 0. The van der Waals surface area contributed by atoms with Crippen molar-refractivity contribution in [1.82, 2.24) is 15.0 Å². The lowest BCUT2D eigenvalue weighted by molar-refractivity contribution is 0.444. The van der Waals surface area contributed by atoms with Crippen LogP contribution in [0.1, 0.15) is 51.3 Å². The fourth-order valence-corrected chi connectivity index (χ4v) is 3.99. The van der Waals surface area contributed by atoms with Gasteiger partial charge in [0.1, 0.15) is 22.5 Å². The fourth-order valence-electron chi connectivity index (χ4n) is 3.70. The zero-order chi connectivity index (χ0) is 22.6. The maximum atomic E-state index is 11.4. The molecule has 0 saturated heterocycles. The SMILES string of the molecule is CC(C)(C)c1cc(-n2nc3ccc(Cl)cc3n2)c(O)c(C(C)(C)c2ccc(Cl)cc2)c1. The van der Waals surface area contributed by atoms with Crippen molar-refractivity contribution in [2.75, 3.05) is 0 Å². The van der Waals surface area contributed by atoms with E-state index in [1.54, 1.807) is 12.1 Å². The summed E-state index contributed by atoms with van der Waals surface area (Å²) in [5, 5.41) is 21.8. The van der Waals surface area contributed by atoms with Crippen molar-refractivity contribution in [3.8, 4) is 11.4 Å². The van der Waals surface area contributed by atoms with Crippen molar-refractivity contribution in [3.05, 3.63) is 81.3 Å². The summed E-state index contributed by atoms with van der Waals surface area (Å²) in [5.74, 6) is 0.152. The molecule has 0 amide bonds. The summed E-state index contributed by atoms with van der Waals surface area (Å²) >= 11 is 12.2. The summed E-state index contributed by atoms with van der Waals surface area (Å²) in [4.78, 5) is 1.49. The molecule has 1 N–H and O–H groups in total. The Hall–Kier alpha value is -2.56. The lowest BCUT2D eigenvalue weighted by atomic mass is 9.75. The molecule has 1 aromatic heterocycles. The van der Waals surface area contributed by atoms with E-state index in [4.69, 9.17) is 23.2 Å². The van der Waals surface area contributed by atoms with E-state index in [-0.39, 0.29) is 11.2 Å². The van der Waals surface area contributed by atoms with Gasteiger partial charge in [-0.3, -0.25) is 0 Å². The van der Waals surface area contributed by atoms with Gasteiger partial charge in [-0.25, -0.2) is 0 Å². The Kier molecular flexibility index (Phi) is 5.27. The quantitative estimate of drug-likeness (QED) is 0.361. The highest BCUT2D eigenvalue weighted by Crippen LogP contribution is 2.42. The van der Waals surface area contributed by atoms with Gasteiger partial charge in [0.2, 0.25) is 0 Å². The molecule has 0 bridgehead atoms. The summed E-state index contributed by atoms with van der Waals surface area (Å²) in [7, 11) is 0. The topological polar surface area (TPSA) is 50.9 Å². The number of aromatic hydroxyl groups is 1. The first-order chi connectivity index (χ1) is 14.5. The Morgan fingerprint density at radius 2 is 1.35 bits per heavy atom. The molecule has 3 aromatic carbocycles. The summed E-state index contributed by atoms with van der Waals surface area (Å²) in [6, 6.07) is 17.1. The Labute approximate surface area is 192 Å². The van der Waals surface area contributed by atoms with Gasteiger partial charge >= 0.3 is 0 Å². The van der Waals surface area contributed by atoms with E-state index in [0.29, 0.717) is 26.8 Å². The molecular formula is C25H25Cl2N3O. The van der Waals surface area contributed by atoms with Crippen LogP contribution in [0, 0.1) is 0 Å². The normalized spacial score (nSPS) is 12.5. The number of nitrogens with zero attached hydrogens (tertiary/aromatic N) is 3. The second-order valence-electron chi connectivity index (χ2n) is 9.40. The number of phenols is 1. The van der Waals surface area contributed by atoms with Crippen molar-refractivity contribution >= 4 is 34.2 Å². The van der Waals surface area contributed by atoms with Crippen molar-refractivity contribution < 1.29 is 5.11 Å². The molecule has 0 saturated carbocycles. The lowest BCUT2D eigenvalue weighted by Crippen LogP contribution is -2.22. The average Bonchev–Trinajstić information content (AvgIpc) is 3.10. The molecule has 0 fully saturated rings. The van der Waals surface area contributed by atoms with Crippen molar-refractivity contribution in [2.45, 2.75) is 45.4 Å². The number of benzene rings is 3. The molecule has 4 nitrogen and oxygen atoms in total. The molecule has 6 heteroatoms.